The van der Waals surface area contributed by atoms with Crippen LogP contribution in [0.5, 0.6) is 5.75 Å². The highest BCUT2D eigenvalue weighted by molar-refractivity contribution is 5.31. The standard InChI is InChI=1S/C11H17FN2O2/c1-14-11(9(15)6-13)7-3-4-10(16-2)8(12)5-7/h3-5,9,11,14-15H,6,13H2,1-2H3. The zero-order valence-electron chi connectivity index (χ0n) is 9.40. The highest BCUT2D eigenvalue weighted by atomic mass is 19.1. The van der Waals surface area contributed by atoms with Crippen molar-refractivity contribution in [2.45, 2.75) is 12.1 Å². The number of methoxy groups -OCH3 is 1. The van der Waals surface area contributed by atoms with Crippen LogP contribution >= 0.6 is 0 Å². The number of rotatable bonds is 5. The Morgan fingerprint density at radius 1 is 1.56 bits per heavy atom. The van der Waals surface area contributed by atoms with Gasteiger partial charge in [-0.2, -0.15) is 0 Å². The van der Waals surface area contributed by atoms with Crippen LogP contribution in [0.2, 0.25) is 0 Å². The lowest BCUT2D eigenvalue weighted by molar-refractivity contribution is 0.139. The Kier molecular flexibility index (Phi) is 4.67. The number of benzene rings is 1. The van der Waals surface area contributed by atoms with Gasteiger partial charge in [0.2, 0.25) is 0 Å². The Balaban J connectivity index is 2.98. The second kappa shape index (κ2) is 5.79. The van der Waals surface area contributed by atoms with Gasteiger partial charge < -0.3 is 20.9 Å². The number of nitrogens with one attached hydrogen (secondary N) is 1. The number of hydrogen-bond donors (Lipinski definition) is 3. The topological polar surface area (TPSA) is 67.5 Å². The minimum absolute atomic E-state index is 0.110. The van der Waals surface area contributed by atoms with Crippen molar-refractivity contribution in [3.8, 4) is 5.75 Å². The number of halogens is 1. The third kappa shape index (κ3) is 2.69. The van der Waals surface area contributed by atoms with Crippen LogP contribution in [0, 0.1) is 5.82 Å². The molecular weight excluding hydrogens is 211 g/mol. The molecule has 0 aliphatic carbocycles. The van der Waals surface area contributed by atoms with Crippen molar-refractivity contribution >= 4 is 0 Å². The van der Waals surface area contributed by atoms with E-state index in [0.29, 0.717) is 5.56 Å². The van der Waals surface area contributed by atoms with E-state index in [-0.39, 0.29) is 18.3 Å². The smallest absolute Gasteiger partial charge is 0.165 e. The summed E-state index contributed by atoms with van der Waals surface area (Å²) in [7, 11) is 3.09. The van der Waals surface area contributed by atoms with Gasteiger partial charge >= 0.3 is 0 Å². The van der Waals surface area contributed by atoms with Crippen molar-refractivity contribution < 1.29 is 14.2 Å². The van der Waals surface area contributed by atoms with E-state index in [4.69, 9.17) is 10.5 Å². The van der Waals surface area contributed by atoms with Crippen LogP contribution in [0.3, 0.4) is 0 Å². The fourth-order valence-electron chi connectivity index (χ4n) is 1.59. The fraction of sp³-hybridized carbons (Fsp3) is 0.455. The van der Waals surface area contributed by atoms with Gasteiger partial charge in [-0.3, -0.25) is 0 Å². The van der Waals surface area contributed by atoms with Gasteiger partial charge in [0.1, 0.15) is 0 Å². The van der Waals surface area contributed by atoms with Gasteiger partial charge in [-0.15, -0.1) is 0 Å². The maximum absolute atomic E-state index is 13.4. The van der Waals surface area contributed by atoms with Gasteiger partial charge in [-0.1, -0.05) is 6.07 Å². The Hall–Kier alpha value is -1.17. The average Bonchev–Trinajstić information content (AvgIpc) is 2.30. The molecule has 0 radical (unpaired) electrons. The van der Waals surface area contributed by atoms with Crippen LogP contribution < -0.4 is 15.8 Å². The molecular formula is C11H17FN2O2. The number of aliphatic hydroxyl groups is 1. The summed E-state index contributed by atoms with van der Waals surface area (Å²) in [6.45, 7) is 0.110. The van der Waals surface area contributed by atoms with E-state index in [2.05, 4.69) is 5.32 Å². The van der Waals surface area contributed by atoms with Crippen LogP contribution in [0.15, 0.2) is 18.2 Å². The van der Waals surface area contributed by atoms with E-state index in [0.717, 1.165) is 0 Å². The van der Waals surface area contributed by atoms with Crippen LogP contribution in [-0.4, -0.2) is 31.9 Å². The first-order valence-electron chi connectivity index (χ1n) is 5.02. The van der Waals surface area contributed by atoms with Crippen molar-refractivity contribution in [1.29, 1.82) is 0 Å². The first-order valence-corrected chi connectivity index (χ1v) is 5.02. The maximum Gasteiger partial charge on any atom is 0.165 e. The summed E-state index contributed by atoms with van der Waals surface area (Å²) in [4.78, 5) is 0. The third-order valence-corrected chi connectivity index (χ3v) is 2.47. The van der Waals surface area contributed by atoms with E-state index in [1.165, 1.54) is 19.2 Å². The van der Waals surface area contributed by atoms with Gasteiger partial charge in [0.25, 0.3) is 0 Å². The molecule has 2 unspecified atom stereocenters. The Morgan fingerprint density at radius 2 is 2.25 bits per heavy atom. The molecule has 4 nitrogen and oxygen atoms in total. The predicted molar refractivity (Wildman–Crippen MR) is 59.8 cm³/mol. The molecule has 0 saturated heterocycles. The summed E-state index contributed by atoms with van der Waals surface area (Å²) >= 11 is 0. The van der Waals surface area contributed by atoms with Crippen LogP contribution in [0.25, 0.3) is 0 Å². The van der Waals surface area contributed by atoms with Crippen molar-refractivity contribution in [2.24, 2.45) is 5.73 Å². The number of aliphatic hydroxyl groups excluding tert-OH is 1. The molecule has 0 aliphatic rings. The summed E-state index contributed by atoms with van der Waals surface area (Å²) in [6, 6.07) is 4.17. The molecule has 1 rings (SSSR count). The lowest BCUT2D eigenvalue weighted by Crippen LogP contribution is -2.35. The molecule has 0 bridgehead atoms. The zero-order valence-corrected chi connectivity index (χ0v) is 9.40. The average molecular weight is 228 g/mol. The molecule has 16 heavy (non-hydrogen) atoms. The molecule has 0 amide bonds. The Bertz CT molecular complexity index is 347. The van der Waals surface area contributed by atoms with Crippen molar-refractivity contribution in [1.82, 2.24) is 5.32 Å². The predicted octanol–water partition coefficient (Wildman–Crippen LogP) is 0.414. The number of ether oxygens (including phenoxy) is 1. The third-order valence-electron chi connectivity index (χ3n) is 2.47. The highest BCUT2D eigenvalue weighted by Gasteiger charge is 2.19. The maximum atomic E-state index is 13.4. The van der Waals surface area contributed by atoms with Gasteiger partial charge in [0.05, 0.1) is 19.3 Å². The molecule has 0 heterocycles. The van der Waals surface area contributed by atoms with Crippen molar-refractivity contribution in [2.75, 3.05) is 20.7 Å². The number of nitrogens with two attached hydrogens (primary N) is 1. The summed E-state index contributed by atoms with van der Waals surface area (Å²) in [5, 5.41) is 12.5. The first-order chi connectivity index (χ1) is 7.63. The molecule has 0 aromatic heterocycles. The summed E-state index contributed by atoms with van der Waals surface area (Å²) < 4.78 is 18.3. The van der Waals surface area contributed by atoms with E-state index >= 15 is 0 Å². The van der Waals surface area contributed by atoms with Crippen molar-refractivity contribution in [3.63, 3.8) is 0 Å². The van der Waals surface area contributed by atoms with E-state index in [9.17, 15) is 9.50 Å². The van der Waals surface area contributed by atoms with Gasteiger partial charge in [0, 0.05) is 6.54 Å². The molecule has 1 aromatic carbocycles. The normalized spacial score (nSPS) is 14.6. The van der Waals surface area contributed by atoms with Gasteiger partial charge in [0.15, 0.2) is 11.6 Å². The second-order valence-corrected chi connectivity index (χ2v) is 3.46. The van der Waals surface area contributed by atoms with Gasteiger partial charge in [-0.25, -0.2) is 4.39 Å². The van der Waals surface area contributed by atoms with Gasteiger partial charge in [-0.05, 0) is 24.7 Å². The van der Waals surface area contributed by atoms with E-state index in [1.54, 1.807) is 13.1 Å². The molecule has 5 heteroatoms. The number of likely N-dealkylation sites (N-methyl/N-ethyl adjacent to an activating group) is 1. The van der Waals surface area contributed by atoms with Crippen molar-refractivity contribution in [3.05, 3.63) is 29.6 Å². The molecule has 0 spiro atoms. The second-order valence-electron chi connectivity index (χ2n) is 3.46. The molecule has 0 saturated carbocycles. The minimum atomic E-state index is -0.752. The molecule has 0 fully saturated rings. The van der Waals surface area contributed by atoms with Crippen LogP contribution in [0.1, 0.15) is 11.6 Å². The first kappa shape index (κ1) is 12.9. The SMILES string of the molecule is CNC(c1ccc(OC)c(F)c1)C(O)CN. The Labute approximate surface area is 94.2 Å². The molecule has 4 N–H and O–H groups in total. The summed E-state index contributed by atoms with van der Waals surface area (Å²) in [6.07, 6.45) is -0.752. The largest absolute Gasteiger partial charge is 0.494 e. The monoisotopic (exact) mass is 228 g/mol. The quantitative estimate of drug-likeness (QED) is 0.683. The van der Waals surface area contributed by atoms with E-state index < -0.39 is 11.9 Å². The fourth-order valence-corrected chi connectivity index (χ4v) is 1.59. The summed E-state index contributed by atoms with van der Waals surface area (Å²) in [5.74, 6) is -0.273. The molecule has 0 aliphatic heterocycles. The molecule has 1 aromatic rings. The van der Waals surface area contributed by atoms with Crippen LogP contribution in [0.4, 0.5) is 4.39 Å². The zero-order chi connectivity index (χ0) is 12.1. The minimum Gasteiger partial charge on any atom is -0.494 e. The van der Waals surface area contributed by atoms with Crippen LogP contribution in [-0.2, 0) is 0 Å². The van der Waals surface area contributed by atoms with E-state index in [1.807, 2.05) is 0 Å². The lowest BCUT2D eigenvalue weighted by Gasteiger charge is -2.21. The lowest BCUT2D eigenvalue weighted by atomic mass is 10.0. The molecule has 90 valence electrons. The number of hydrogen-bond acceptors (Lipinski definition) is 4. The Morgan fingerprint density at radius 3 is 2.69 bits per heavy atom. The highest BCUT2D eigenvalue weighted by Crippen LogP contribution is 2.23. The molecule has 2 atom stereocenters. The summed E-state index contributed by atoms with van der Waals surface area (Å²) in [5.41, 5.74) is 6.01.